The molecule has 0 radical (unpaired) electrons. The van der Waals surface area contributed by atoms with Gasteiger partial charge >= 0.3 is 0 Å². The normalized spacial score (nSPS) is 10.1. The number of hydrogen-bond donors (Lipinski definition) is 3. The first kappa shape index (κ1) is 13.0. The molecule has 0 aliphatic rings. The van der Waals surface area contributed by atoms with Gasteiger partial charge in [-0.1, -0.05) is 12.1 Å². The molecule has 2 rings (SSSR count). The third-order valence-electron chi connectivity index (χ3n) is 2.66. The predicted octanol–water partition coefficient (Wildman–Crippen LogP) is 1.63. The van der Waals surface area contributed by atoms with Crippen molar-refractivity contribution in [2.75, 3.05) is 10.7 Å². The van der Waals surface area contributed by atoms with Crippen molar-refractivity contribution in [3.05, 3.63) is 47.4 Å². The molecule has 0 bridgehead atoms. The average Bonchev–Trinajstić information content (AvgIpc) is 2.43. The minimum Gasteiger partial charge on any atom is -0.320 e. The minimum absolute atomic E-state index is 0.205. The summed E-state index contributed by atoms with van der Waals surface area (Å²) in [4.78, 5) is 20.0. The third kappa shape index (κ3) is 3.05. The Morgan fingerprint density at radius 1 is 1.26 bits per heavy atom. The molecule has 1 amide bonds. The Kier molecular flexibility index (Phi) is 3.72. The number of nitrogen functional groups attached to an aromatic ring is 1. The van der Waals surface area contributed by atoms with Crippen LogP contribution in [0.3, 0.4) is 0 Å². The van der Waals surface area contributed by atoms with Crippen LogP contribution >= 0.6 is 0 Å². The molecule has 6 heteroatoms. The van der Waals surface area contributed by atoms with E-state index in [0.717, 1.165) is 16.8 Å². The lowest BCUT2D eigenvalue weighted by Crippen LogP contribution is -2.17. The summed E-state index contributed by atoms with van der Waals surface area (Å²) in [5.41, 5.74) is 5.38. The van der Waals surface area contributed by atoms with Crippen molar-refractivity contribution < 1.29 is 4.79 Å². The first-order valence-electron chi connectivity index (χ1n) is 5.77. The summed E-state index contributed by atoms with van der Waals surface area (Å²) in [6.07, 6.45) is 2.83. The highest BCUT2D eigenvalue weighted by Crippen LogP contribution is 2.17. The highest BCUT2D eigenvalue weighted by Gasteiger charge is 2.10. The lowest BCUT2D eigenvalue weighted by molar-refractivity contribution is 0.102. The summed E-state index contributed by atoms with van der Waals surface area (Å²) < 4.78 is 0. The van der Waals surface area contributed by atoms with Crippen LogP contribution in [-0.4, -0.2) is 15.9 Å². The second-order valence-corrected chi connectivity index (χ2v) is 4.21. The quantitative estimate of drug-likeness (QED) is 0.574. The lowest BCUT2D eigenvalue weighted by atomic mass is 10.1. The molecule has 2 aromatic rings. The van der Waals surface area contributed by atoms with Crippen molar-refractivity contribution in [2.24, 2.45) is 5.84 Å². The van der Waals surface area contributed by atoms with Gasteiger partial charge in [0.15, 0.2) is 5.82 Å². The SMILES string of the molecule is Cc1ccc(C)c(NC(=O)c2cncc(NN)n2)c1. The Hall–Kier alpha value is -2.47. The molecule has 0 fully saturated rings. The molecule has 0 spiro atoms. The van der Waals surface area contributed by atoms with Crippen molar-refractivity contribution in [1.82, 2.24) is 9.97 Å². The summed E-state index contributed by atoms with van der Waals surface area (Å²) in [5.74, 6) is 5.25. The molecule has 0 saturated heterocycles. The molecule has 4 N–H and O–H groups in total. The molecule has 1 aromatic carbocycles. The number of benzene rings is 1. The second kappa shape index (κ2) is 5.45. The van der Waals surface area contributed by atoms with E-state index < -0.39 is 0 Å². The molecule has 6 nitrogen and oxygen atoms in total. The zero-order valence-electron chi connectivity index (χ0n) is 10.8. The van der Waals surface area contributed by atoms with Crippen LogP contribution in [0.1, 0.15) is 21.6 Å². The van der Waals surface area contributed by atoms with Crippen molar-refractivity contribution in [1.29, 1.82) is 0 Å². The number of anilines is 2. The van der Waals surface area contributed by atoms with Crippen molar-refractivity contribution in [3.63, 3.8) is 0 Å². The highest BCUT2D eigenvalue weighted by atomic mass is 16.1. The number of hydrazine groups is 1. The number of nitrogens with one attached hydrogen (secondary N) is 2. The molecule has 0 saturated carbocycles. The van der Waals surface area contributed by atoms with Gasteiger partial charge in [-0.05, 0) is 31.0 Å². The van der Waals surface area contributed by atoms with E-state index in [9.17, 15) is 4.79 Å². The highest BCUT2D eigenvalue weighted by molar-refractivity contribution is 6.03. The summed E-state index contributed by atoms with van der Waals surface area (Å²) >= 11 is 0. The molecular formula is C13H15N5O. The molecule has 0 atom stereocenters. The van der Waals surface area contributed by atoms with E-state index >= 15 is 0 Å². The maximum atomic E-state index is 12.1. The van der Waals surface area contributed by atoms with E-state index in [4.69, 9.17) is 5.84 Å². The lowest BCUT2D eigenvalue weighted by Gasteiger charge is -2.09. The molecule has 0 aliphatic heterocycles. The first-order chi connectivity index (χ1) is 9.10. The van der Waals surface area contributed by atoms with E-state index in [-0.39, 0.29) is 11.6 Å². The number of rotatable bonds is 3. The first-order valence-corrected chi connectivity index (χ1v) is 5.77. The largest absolute Gasteiger partial charge is 0.320 e. The zero-order chi connectivity index (χ0) is 13.8. The van der Waals surface area contributed by atoms with E-state index in [1.807, 2.05) is 32.0 Å². The van der Waals surface area contributed by atoms with Crippen LogP contribution in [0, 0.1) is 13.8 Å². The Labute approximate surface area is 111 Å². The minimum atomic E-state index is -0.321. The number of carbonyl (C=O) groups is 1. The fraction of sp³-hybridized carbons (Fsp3) is 0.154. The van der Waals surface area contributed by atoms with Gasteiger partial charge in [0, 0.05) is 5.69 Å². The van der Waals surface area contributed by atoms with Gasteiger partial charge in [-0.2, -0.15) is 0 Å². The van der Waals surface area contributed by atoms with Crippen LogP contribution in [0.4, 0.5) is 11.5 Å². The molecular weight excluding hydrogens is 242 g/mol. The van der Waals surface area contributed by atoms with Gasteiger partial charge in [-0.15, -0.1) is 0 Å². The summed E-state index contributed by atoms with van der Waals surface area (Å²) in [7, 11) is 0. The fourth-order valence-corrected chi connectivity index (χ4v) is 1.60. The summed E-state index contributed by atoms with van der Waals surface area (Å²) in [5, 5.41) is 2.81. The van der Waals surface area contributed by atoms with Crippen LogP contribution in [-0.2, 0) is 0 Å². The van der Waals surface area contributed by atoms with E-state index in [1.165, 1.54) is 12.4 Å². The molecule has 0 unspecified atom stereocenters. The Balaban J connectivity index is 2.22. The monoisotopic (exact) mass is 257 g/mol. The summed E-state index contributed by atoms with van der Waals surface area (Å²) in [6, 6.07) is 5.85. The number of hydrogen-bond acceptors (Lipinski definition) is 5. The summed E-state index contributed by atoms with van der Waals surface area (Å²) in [6.45, 7) is 3.90. The van der Waals surface area contributed by atoms with Gasteiger partial charge < -0.3 is 10.7 Å². The van der Waals surface area contributed by atoms with E-state index in [1.54, 1.807) is 0 Å². The van der Waals surface area contributed by atoms with Crippen LogP contribution in [0.2, 0.25) is 0 Å². The maximum Gasteiger partial charge on any atom is 0.275 e. The van der Waals surface area contributed by atoms with Gasteiger partial charge in [0.05, 0.1) is 12.4 Å². The van der Waals surface area contributed by atoms with Gasteiger partial charge in [-0.3, -0.25) is 9.78 Å². The Morgan fingerprint density at radius 2 is 2.05 bits per heavy atom. The molecule has 98 valence electrons. The standard InChI is InChI=1S/C13H15N5O/c1-8-3-4-9(2)10(5-8)17-13(19)11-6-15-7-12(16-11)18-14/h3-7H,14H2,1-2H3,(H,16,18)(H,17,19). The van der Waals surface area contributed by atoms with Crippen LogP contribution in [0.25, 0.3) is 0 Å². The van der Waals surface area contributed by atoms with Gasteiger partial charge in [-0.25, -0.2) is 10.8 Å². The predicted molar refractivity (Wildman–Crippen MR) is 73.7 cm³/mol. The number of nitrogens with two attached hydrogens (primary N) is 1. The van der Waals surface area contributed by atoms with Crippen LogP contribution in [0.5, 0.6) is 0 Å². The molecule has 0 aliphatic carbocycles. The number of carbonyl (C=O) groups excluding carboxylic acids is 1. The van der Waals surface area contributed by atoms with Crippen molar-refractivity contribution in [3.8, 4) is 0 Å². The van der Waals surface area contributed by atoms with Crippen molar-refractivity contribution in [2.45, 2.75) is 13.8 Å². The van der Waals surface area contributed by atoms with E-state index in [0.29, 0.717) is 5.82 Å². The average molecular weight is 257 g/mol. The Morgan fingerprint density at radius 3 is 2.79 bits per heavy atom. The van der Waals surface area contributed by atoms with Crippen LogP contribution < -0.4 is 16.6 Å². The third-order valence-corrected chi connectivity index (χ3v) is 2.66. The molecule has 1 aromatic heterocycles. The van der Waals surface area contributed by atoms with Gasteiger partial charge in [0.2, 0.25) is 0 Å². The molecule has 1 heterocycles. The number of amides is 1. The number of nitrogens with zero attached hydrogens (tertiary/aromatic N) is 2. The number of aromatic nitrogens is 2. The zero-order valence-corrected chi connectivity index (χ0v) is 10.8. The second-order valence-electron chi connectivity index (χ2n) is 4.21. The van der Waals surface area contributed by atoms with E-state index in [2.05, 4.69) is 20.7 Å². The maximum absolute atomic E-state index is 12.1. The smallest absolute Gasteiger partial charge is 0.275 e. The topological polar surface area (TPSA) is 92.9 Å². The van der Waals surface area contributed by atoms with Crippen LogP contribution in [0.15, 0.2) is 30.6 Å². The Bertz CT molecular complexity index is 612. The van der Waals surface area contributed by atoms with Crippen molar-refractivity contribution >= 4 is 17.4 Å². The van der Waals surface area contributed by atoms with Gasteiger partial charge in [0.1, 0.15) is 5.69 Å². The number of aryl methyl sites for hydroxylation is 2. The molecule has 19 heavy (non-hydrogen) atoms. The van der Waals surface area contributed by atoms with Gasteiger partial charge in [0.25, 0.3) is 5.91 Å². The fourth-order valence-electron chi connectivity index (χ4n) is 1.60.